The zero-order valence-corrected chi connectivity index (χ0v) is 10.5. The van der Waals surface area contributed by atoms with Gasteiger partial charge in [0.1, 0.15) is 0 Å². The Hall–Kier alpha value is -0.590. The summed E-state index contributed by atoms with van der Waals surface area (Å²) < 4.78 is 10.7. The Labute approximate surface area is 105 Å². The lowest BCUT2D eigenvalue weighted by atomic mass is 10.2. The first-order chi connectivity index (χ1) is 8.42. The summed E-state index contributed by atoms with van der Waals surface area (Å²) in [6.45, 7) is 2.43. The van der Waals surface area contributed by atoms with Crippen LogP contribution < -0.4 is 5.32 Å². The Bertz CT molecular complexity index is 359. The number of nitrogens with one attached hydrogen (secondary N) is 1. The molecule has 5 nitrogen and oxygen atoms in total. The molecule has 2 aliphatic heterocycles. The minimum absolute atomic E-state index is 0.313. The average Bonchev–Trinajstić information content (AvgIpc) is 3.00. The van der Waals surface area contributed by atoms with Gasteiger partial charge >= 0.3 is 0 Å². The minimum Gasteiger partial charge on any atom is -0.378 e. The first-order valence-electron chi connectivity index (χ1n) is 6.17. The van der Waals surface area contributed by atoms with Gasteiger partial charge in [-0.1, -0.05) is 5.16 Å². The predicted molar refractivity (Wildman–Crippen MR) is 65.0 cm³/mol. The standard InChI is InChI=1S/C11H17N3O2S/c1-2-9(17-5-1)11-13-10(16-14-11)6-8-7-15-4-3-12-8/h8-9,12H,1-7H2. The molecule has 1 aromatic rings. The summed E-state index contributed by atoms with van der Waals surface area (Å²) in [5, 5.41) is 7.92. The Kier molecular flexibility index (Phi) is 3.63. The number of morpholine rings is 1. The molecule has 0 amide bonds. The molecule has 0 radical (unpaired) electrons. The molecule has 94 valence electrons. The maximum atomic E-state index is 5.40. The van der Waals surface area contributed by atoms with Crippen LogP contribution in [0.25, 0.3) is 0 Å². The Balaban J connectivity index is 1.59. The second-order valence-corrected chi connectivity index (χ2v) is 5.79. The highest BCUT2D eigenvalue weighted by molar-refractivity contribution is 7.99. The average molecular weight is 255 g/mol. The van der Waals surface area contributed by atoms with E-state index >= 15 is 0 Å². The van der Waals surface area contributed by atoms with E-state index in [-0.39, 0.29) is 0 Å². The third-order valence-electron chi connectivity index (χ3n) is 3.12. The van der Waals surface area contributed by atoms with Gasteiger partial charge in [0.15, 0.2) is 5.82 Å². The topological polar surface area (TPSA) is 60.2 Å². The maximum absolute atomic E-state index is 5.40. The fraction of sp³-hybridized carbons (Fsp3) is 0.818. The second-order valence-electron chi connectivity index (χ2n) is 4.48. The van der Waals surface area contributed by atoms with E-state index in [1.807, 2.05) is 11.8 Å². The SMILES string of the molecule is C1CSC(c2noc(CC3COCCN3)n2)C1. The van der Waals surface area contributed by atoms with E-state index in [9.17, 15) is 0 Å². The summed E-state index contributed by atoms with van der Waals surface area (Å²) >= 11 is 1.93. The molecule has 6 heteroatoms. The zero-order chi connectivity index (χ0) is 11.5. The summed E-state index contributed by atoms with van der Waals surface area (Å²) in [5.41, 5.74) is 0. The number of nitrogens with zero attached hydrogens (tertiary/aromatic N) is 2. The van der Waals surface area contributed by atoms with Crippen LogP contribution in [0, 0.1) is 0 Å². The van der Waals surface area contributed by atoms with Crippen molar-refractivity contribution in [3.05, 3.63) is 11.7 Å². The Morgan fingerprint density at radius 2 is 2.47 bits per heavy atom. The number of hydrogen-bond acceptors (Lipinski definition) is 6. The van der Waals surface area contributed by atoms with E-state index in [1.165, 1.54) is 18.6 Å². The van der Waals surface area contributed by atoms with Gasteiger partial charge in [-0.2, -0.15) is 16.7 Å². The van der Waals surface area contributed by atoms with Gasteiger partial charge in [-0.3, -0.25) is 0 Å². The van der Waals surface area contributed by atoms with Crippen molar-refractivity contribution in [1.82, 2.24) is 15.5 Å². The van der Waals surface area contributed by atoms with Crippen LogP contribution in [0.5, 0.6) is 0 Å². The van der Waals surface area contributed by atoms with Gasteiger partial charge in [0.05, 0.1) is 18.5 Å². The molecular formula is C11H17N3O2S. The predicted octanol–water partition coefficient (Wildman–Crippen LogP) is 1.17. The summed E-state index contributed by atoms with van der Waals surface area (Å²) in [7, 11) is 0. The minimum atomic E-state index is 0.313. The smallest absolute Gasteiger partial charge is 0.228 e. The summed E-state index contributed by atoms with van der Waals surface area (Å²) in [4.78, 5) is 4.49. The Morgan fingerprint density at radius 1 is 1.47 bits per heavy atom. The largest absolute Gasteiger partial charge is 0.378 e. The van der Waals surface area contributed by atoms with Gasteiger partial charge in [0.25, 0.3) is 0 Å². The molecule has 3 rings (SSSR count). The number of hydrogen-bond donors (Lipinski definition) is 1. The van der Waals surface area contributed by atoms with Crippen LogP contribution in [0.1, 0.15) is 29.8 Å². The van der Waals surface area contributed by atoms with E-state index in [1.54, 1.807) is 0 Å². The second kappa shape index (κ2) is 5.37. The van der Waals surface area contributed by atoms with Crippen molar-refractivity contribution >= 4 is 11.8 Å². The molecule has 0 aliphatic carbocycles. The van der Waals surface area contributed by atoms with Crippen LogP contribution in [0.3, 0.4) is 0 Å². The highest BCUT2D eigenvalue weighted by Crippen LogP contribution is 2.38. The third kappa shape index (κ3) is 2.81. The molecule has 17 heavy (non-hydrogen) atoms. The van der Waals surface area contributed by atoms with Crippen molar-refractivity contribution in [2.24, 2.45) is 0 Å². The summed E-state index contributed by atoms with van der Waals surface area (Å²) in [5.74, 6) is 2.82. The summed E-state index contributed by atoms with van der Waals surface area (Å²) in [6.07, 6.45) is 3.20. The third-order valence-corrected chi connectivity index (χ3v) is 4.49. The lowest BCUT2D eigenvalue weighted by molar-refractivity contribution is 0.0744. The molecule has 2 fully saturated rings. The number of thioether (sulfide) groups is 1. The lowest BCUT2D eigenvalue weighted by Gasteiger charge is -2.22. The zero-order valence-electron chi connectivity index (χ0n) is 9.72. The van der Waals surface area contributed by atoms with Crippen LogP contribution in [0.2, 0.25) is 0 Å². The molecule has 0 bridgehead atoms. The first kappa shape index (κ1) is 11.5. The van der Waals surface area contributed by atoms with Crippen LogP contribution >= 0.6 is 11.8 Å². The van der Waals surface area contributed by atoms with Crippen LogP contribution in [-0.4, -0.2) is 41.7 Å². The van der Waals surface area contributed by atoms with Gasteiger partial charge < -0.3 is 14.6 Å². The van der Waals surface area contributed by atoms with E-state index < -0.39 is 0 Å². The van der Waals surface area contributed by atoms with Crippen molar-refractivity contribution in [2.45, 2.75) is 30.6 Å². The van der Waals surface area contributed by atoms with Gasteiger partial charge in [0.2, 0.25) is 5.89 Å². The molecule has 2 saturated heterocycles. The molecule has 3 heterocycles. The maximum Gasteiger partial charge on any atom is 0.228 e. The van der Waals surface area contributed by atoms with Crippen molar-refractivity contribution in [3.8, 4) is 0 Å². The van der Waals surface area contributed by atoms with Crippen LogP contribution in [0.15, 0.2) is 4.52 Å². The Morgan fingerprint density at radius 3 is 3.24 bits per heavy atom. The monoisotopic (exact) mass is 255 g/mol. The van der Waals surface area contributed by atoms with E-state index in [0.29, 0.717) is 11.3 Å². The molecule has 2 aliphatic rings. The van der Waals surface area contributed by atoms with Crippen molar-refractivity contribution < 1.29 is 9.26 Å². The molecule has 0 spiro atoms. The van der Waals surface area contributed by atoms with Gasteiger partial charge in [-0.25, -0.2) is 0 Å². The molecular weight excluding hydrogens is 238 g/mol. The number of aromatic nitrogens is 2. The molecule has 1 N–H and O–H groups in total. The van der Waals surface area contributed by atoms with E-state index in [2.05, 4.69) is 15.5 Å². The van der Waals surface area contributed by atoms with Gasteiger partial charge in [0, 0.05) is 19.0 Å². The van der Waals surface area contributed by atoms with E-state index in [4.69, 9.17) is 9.26 Å². The van der Waals surface area contributed by atoms with Crippen molar-refractivity contribution in [3.63, 3.8) is 0 Å². The molecule has 2 unspecified atom stereocenters. The number of rotatable bonds is 3. The van der Waals surface area contributed by atoms with Crippen molar-refractivity contribution in [1.29, 1.82) is 0 Å². The first-order valence-corrected chi connectivity index (χ1v) is 7.22. The van der Waals surface area contributed by atoms with Crippen LogP contribution in [0.4, 0.5) is 0 Å². The highest BCUT2D eigenvalue weighted by atomic mass is 32.2. The van der Waals surface area contributed by atoms with E-state index in [0.717, 1.165) is 37.9 Å². The van der Waals surface area contributed by atoms with Gasteiger partial charge in [-0.05, 0) is 18.6 Å². The van der Waals surface area contributed by atoms with Gasteiger partial charge in [-0.15, -0.1) is 0 Å². The lowest BCUT2D eigenvalue weighted by Crippen LogP contribution is -2.42. The van der Waals surface area contributed by atoms with Crippen LogP contribution in [-0.2, 0) is 11.2 Å². The highest BCUT2D eigenvalue weighted by Gasteiger charge is 2.24. The molecule has 1 aromatic heterocycles. The normalized spacial score (nSPS) is 29.6. The quantitative estimate of drug-likeness (QED) is 0.875. The summed E-state index contributed by atoms with van der Waals surface area (Å²) in [6, 6.07) is 0.313. The molecule has 0 aromatic carbocycles. The van der Waals surface area contributed by atoms with Crippen molar-refractivity contribution in [2.75, 3.05) is 25.5 Å². The number of ether oxygens (including phenoxy) is 1. The molecule has 2 atom stereocenters. The fourth-order valence-corrected chi connectivity index (χ4v) is 3.42. The molecule has 0 saturated carbocycles. The fourth-order valence-electron chi connectivity index (χ4n) is 2.22.